The van der Waals surface area contributed by atoms with Crippen molar-refractivity contribution < 1.29 is 9.53 Å². The molecule has 0 atom stereocenters. The van der Waals surface area contributed by atoms with E-state index in [1.807, 2.05) is 42.5 Å². The molecule has 0 saturated heterocycles. The average molecular weight is 302 g/mol. The number of rotatable bonds is 4. The van der Waals surface area contributed by atoms with Crippen molar-refractivity contribution in [1.29, 1.82) is 0 Å². The minimum atomic E-state index is -0.491. The standard InChI is InChI=1S/C17H16ClNO2/c18-15-4-2-1-3-12(15)11-21-16(20)17(9-10-17)13-5-7-14(19)8-6-13/h1-8H,9-11,19H2. The molecule has 2 aromatic carbocycles. The van der Waals surface area contributed by atoms with Crippen LogP contribution in [0.2, 0.25) is 5.02 Å². The second-order valence-corrected chi connectivity index (χ2v) is 5.78. The van der Waals surface area contributed by atoms with Gasteiger partial charge in [0.2, 0.25) is 0 Å². The zero-order valence-corrected chi connectivity index (χ0v) is 12.3. The number of esters is 1. The summed E-state index contributed by atoms with van der Waals surface area (Å²) in [5.74, 6) is -0.188. The molecule has 0 heterocycles. The van der Waals surface area contributed by atoms with E-state index in [-0.39, 0.29) is 12.6 Å². The quantitative estimate of drug-likeness (QED) is 0.692. The van der Waals surface area contributed by atoms with Crippen LogP contribution in [-0.2, 0) is 21.6 Å². The van der Waals surface area contributed by atoms with Gasteiger partial charge in [-0.15, -0.1) is 0 Å². The Bertz CT molecular complexity index is 663. The van der Waals surface area contributed by atoms with E-state index in [1.165, 1.54) is 0 Å². The van der Waals surface area contributed by atoms with E-state index in [4.69, 9.17) is 22.1 Å². The van der Waals surface area contributed by atoms with Crippen molar-refractivity contribution >= 4 is 23.3 Å². The van der Waals surface area contributed by atoms with Gasteiger partial charge in [-0.2, -0.15) is 0 Å². The normalized spacial score (nSPS) is 15.5. The lowest BCUT2D eigenvalue weighted by Crippen LogP contribution is -2.23. The van der Waals surface area contributed by atoms with Crippen LogP contribution in [0.15, 0.2) is 48.5 Å². The van der Waals surface area contributed by atoms with E-state index in [9.17, 15) is 4.79 Å². The molecule has 1 aliphatic carbocycles. The third kappa shape index (κ3) is 2.74. The first-order valence-corrected chi connectivity index (χ1v) is 7.26. The molecule has 0 unspecified atom stereocenters. The maximum Gasteiger partial charge on any atom is 0.316 e. The van der Waals surface area contributed by atoms with Crippen LogP contribution < -0.4 is 5.73 Å². The molecule has 0 spiro atoms. The highest BCUT2D eigenvalue weighted by atomic mass is 35.5. The van der Waals surface area contributed by atoms with E-state index in [0.29, 0.717) is 10.7 Å². The van der Waals surface area contributed by atoms with E-state index in [0.717, 1.165) is 24.0 Å². The maximum atomic E-state index is 12.4. The Kier molecular flexibility index (Phi) is 3.60. The molecule has 3 nitrogen and oxygen atoms in total. The first-order valence-electron chi connectivity index (χ1n) is 6.88. The molecule has 3 rings (SSSR count). The predicted octanol–water partition coefficient (Wildman–Crippen LogP) is 3.70. The Morgan fingerprint density at radius 2 is 1.81 bits per heavy atom. The minimum Gasteiger partial charge on any atom is -0.460 e. The average Bonchev–Trinajstić information content (AvgIpc) is 3.28. The van der Waals surface area contributed by atoms with E-state index in [2.05, 4.69) is 0 Å². The summed E-state index contributed by atoms with van der Waals surface area (Å²) in [6.07, 6.45) is 1.64. The van der Waals surface area contributed by atoms with Crippen LogP contribution >= 0.6 is 11.6 Å². The molecule has 0 aromatic heterocycles. The molecule has 2 aromatic rings. The fraction of sp³-hybridized carbons (Fsp3) is 0.235. The molecule has 0 radical (unpaired) electrons. The maximum absolute atomic E-state index is 12.4. The van der Waals surface area contributed by atoms with Crippen LogP contribution in [0.3, 0.4) is 0 Å². The summed E-state index contributed by atoms with van der Waals surface area (Å²) < 4.78 is 5.47. The molecule has 0 aliphatic heterocycles. The molecule has 1 saturated carbocycles. The summed E-state index contributed by atoms with van der Waals surface area (Å²) in [6.45, 7) is 0.204. The third-order valence-electron chi connectivity index (χ3n) is 3.92. The van der Waals surface area contributed by atoms with Crippen LogP contribution in [0, 0.1) is 0 Å². The third-order valence-corrected chi connectivity index (χ3v) is 4.29. The molecule has 2 N–H and O–H groups in total. The molecule has 108 valence electrons. The van der Waals surface area contributed by atoms with Crippen molar-refractivity contribution in [2.75, 3.05) is 5.73 Å². The van der Waals surface area contributed by atoms with Crippen molar-refractivity contribution in [3.05, 3.63) is 64.7 Å². The number of hydrogen-bond donors (Lipinski definition) is 1. The lowest BCUT2D eigenvalue weighted by Gasteiger charge is -2.15. The lowest BCUT2D eigenvalue weighted by atomic mass is 9.96. The number of nitrogens with two attached hydrogens (primary N) is 1. The highest BCUT2D eigenvalue weighted by Gasteiger charge is 2.52. The molecular weight excluding hydrogens is 286 g/mol. The predicted molar refractivity (Wildman–Crippen MR) is 83.0 cm³/mol. The molecular formula is C17H16ClNO2. The van der Waals surface area contributed by atoms with Gasteiger partial charge < -0.3 is 10.5 Å². The largest absolute Gasteiger partial charge is 0.460 e. The summed E-state index contributed by atoms with van der Waals surface area (Å²) in [6, 6.07) is 14.8. The molecule has 0 amide bonds. The number of benzene rings is 2. The van der Waals surface area contributed by atoms with Crippen LogP contribution in [0.4, 0.5) is 5.69 Å². The zero-order chi connectivity index (χ0) is 14.9. The van der Waals surface area contributed by atoms with Crippen molar-refractivity contribution in [2.24, 2.45) is 0 Å². The van der Waals surface area contributed by atoms with Crippen LogP contribution in [0.5, 0.6) is 0 Å². The summed E-state index contributed by atoms with van der Waals surface area (Å²) >= 11 is 6.07. The van der Waals surface area contributed by atoms with Crippen LogP contribution in [0.1, 0.15) is 24.0 Å². The van der Waals surface area contributed by atoms with Gasteiger partial charge in [-0.3, -0.25) is 4.79 Å². The van der Waals surface area contributed by atoms with Gasteiger partial charge in [-0.05, 0) is 36.6 Å². The number of ether oxygens (including phenoxy) is 1. The van der Waals surface area contributed by atoms with Crippen LogP contribution in [0.25, 0.3) is 0 Å². The lowest BCUT2D eigenvalue weighted by molar-refractivity contribution is -0.148. The van der Waals surface area contributed by atoms with Crippen molar-refractivity contribution in [3.8, 4) is 0 Å². The summed E-state index contributed by atoms with van der Waals surface area (Å²) in [7, 11) is 0. The van der Waals surface area contributed by atoms with Gasteiger partial charge in [0.1, 0.15) is 6.61 Å². The minimum absolute atomic E-state index is 0.188. The highest BCUT2D eigenvalue weighted by molar-refractivity contribution is 6.31. The van der Waals surface area contributed by atoms with Gasteiger partial charge in [-0.1, -0.05) is 41.9 Å². The van der Waals surface area contributed by atoms with Gasteiger partial charge in [0.25, 0.3) is 0 Å². The van der Waals surface area contributed by atoms with E-state index < -0.39 is 5.41 Å². The number of hydrogen-bond acceptors (Lipinski definition) is 3. The van der Waals surface area contributed by atoms with E-state index in [1.54, 1.807) is 6.07 Å². The van der Waals surface area contributed by atoms with Crippen molar-refractivity contribution in [3.63, 3.8) is 0 Å². The Labute approximate surface area is 128 Å². The molecule has 4 heteroatoms. The van der Waals surface area contributed by atoms with Crippen LogP contribution in [-0.4, -0.2) is 5.97 Å². The molecule has 1 aliphatic rings. The fourth-order valence-electron chi connectivity index (χ4n) is 2.43. The Morgan fingerprint density at radius 1 is 1.14 bits per heavy atom. The van der Waals surface area contributed by atoms with Gasteiger partial charge in [-0.25, -0.2) is 0 Å². The highest BCUT2D eigenvalue weighted by Crippen LogP contribution is 2.49. The SMILES string of the molecule is Nc1ccc(C2(C(=O)OCc3ccccc3Cl)CC2)cc1. The van der Waals surface area contributed by atoms with Crippen molar-refractivity contribution in [1.82, 2.24) is 0 Å². The summed E-state index contributed by atoms with van der Waals surface area (Å²) in [5.41, 5.74) is 7.68. The van der Waals surface area contributed by atoms with Gasteiger partial charge in [0.05, 0.1) is 5.41 Å². The number of anilines is 1. The molecule has 21 heavy (non-hydrogen) atoms. The smallest absolute Gasteiger partial charge is 0.316 e. The summed E-state index contributed by atoms with van der Waals surface area (Å²) in [4.78, 5) is 12.4. The monoisotopic (exact) mass is 301 g/mol. The van der Waals surface area contributed by atoms with Gasteiger partial charge in [0, 0.05) is 16.3 Å². The first-order chi connectivity index (χ1) is 10.1. The first kappa shape index (κ1) is 14.0. The number of carbonyl (C=O) groups is 1. The Morgan fingerprint density at radius 3 is 2.43 bits per heavy atom. The van der Waals surface area contributed by atoms with E-state index >= 15 is 0 Å². The zero-order valence-electron chi connectivity index (χ0n) is 11.5. The second-order valence-electron chi connectivity index (χ2n) is 5.37. The van der Waals surface area contributed by atoms with Gasteiger partial charge >= 0.3 is 5.97 Å². The number of nitrogen functional groups attached to an aromatic ring is 1. The van der Waals surface area contributed by atoms with Crippen molar-refractivity contribution in [2.45, 2.75) is 24.9 Å². The molecule has 0 bridgehead atoms. The fourth-order valence-corrected chi connectivity index (χ4v) is 2.62. The number of halogens is 1. The summed E-state index contributed by atoms with van der Waals surface area (Å²) in [5, 5.41) is 0.614. The van der Waals surface area contributed by atoms with Gasteiger partial charge in [0.15, 0.2) is 0 Å². The Balaban J connectivity index is 1.71. The second kappa shape index (κ2) is 5.41. The Hall–Kier alpha value is -2.00. The molecule has 1 fully saturated rings. The number of carbonyl (C=O) groups excluding carboxylic acids is 1. The topological polar surface area (TPSA) is 52.3 Å².